The largest absolute Gasteiger partial charge is 0.353 e. The number of hydrogen-bond donors (Lipinski definition) is 2. The minimum absolute atomic E-state index is 0.0663. The molecular formula is C15H19FN4OS. The maximum atomic E-state index is 13.7. The van der Waals surface area contributed by atoms with Gasteiger partial charge in [0.1, 0.15) is 5.82 Å². The molecule has 0 aliphatic rings. The Bertz CT molecular complexity index is 644. The van der Waals surface area contributed by atoms with Gasteiger partial charge >= 0.3 is 0 Å². The van der Waals surface area contributed by atoms with Crippen molar-refractivity contribution in [2.24, 2.45) is 5.92 Å². The van der Waals surface area contributed by atoms with Gasteiger partial charge in [0.05, 0.1) is 11.3 Å². The highest BCUT2D eigenvalue weighted by Crippen LogP contribution is 2.21. The number of hydrogen-bond acceptors (Lipinski definition) is 4. The number of thioether (sulfide) groups is 1. The van der Waals surface area contributed by atoms with Crippen molar-refractivity contribution in [1.82, 2.24) is 20.5 Å². The molecule has 0 aliphatic carbocycles. The number of halogens is 1. The van der Waals surface area contributed by atoms with Gasteiger partial charge in [-0.1, -0.05) is 37.7 Å². The van der Waals surface area contributed by atoms with Crippen LogP contribution in [-0.4, -0.2) is 32.9 Å². The van der Waals surface area contributed by atoms with Gasteiger partial charge in [-0.2, -0.15) is 0 Å². The first kappa shape index (κ1) is 16.5. The average molecular weight is 322 g/mol. The summed E-state index contributed by atoms with van der Waals surface area (Å²) < 4.78 is 13.7. The highest BCUT2D eigenvalue weighted by molar-refractivity contribution is 7.99. The smallest absolute Gasteiger partial charge is 0.230 e. The van der Waals surface area contributed by atoms with Gasteiger partial charge in [0, 0.05) is 6.04 Å². The number of H-pyrrole nitrogens is 1. The van der Waals surface area contributed by atoms with E-state index < -0.39 is 0 Å². The molecule has 2 rings (SSSR count). The molecule has 1 amide bonds. The van der Waals surface area contributed by atoms with Crippen molar-refractivity contribution in [3.05, 3.63) is 30.1 Å². The average Bonchev–Trinajstić information content (AvgIpc) is 2.94. The lowest BCUT2D eigenvalue weighted by molar-refractivity contribution is -0.119. The second kappa shape index (κ2) is 7.40. The van der Waals surface area contributed by atoms with Crippen LogP contribution in [0.1, 0.15) is 20.8 Å². The SMILES string of the molecule is CC(C)C(C)NC(=O)CSc1n[nH]c(-c2ccccc2F)n1. The third-order valence-corrected chi connectivity index (χ3v) is 4.16. The lowest BCUT2D eigenvalue weighted by Crippen LogP contribution is -2.37. The van der Waals surface area contributed by atoms with Crippen LogP contribution in [0.4, 0.5) is 4.39 Å². The number of carbonyl (C=O) groups excluding carboxylic acids is 1. The molecule has 7 heteroatoms. The van der Waals surface area contributed by atoms with E-state index in [0.29, 0.717) is 22.5 Å². The first-order valence-corrected chi connectivity index (χ1v) is 8.05. The summed E-state index contributed by atoms with van der Waals surface area (Å²) in [7, 11) is 0. The topological polar surface area (TPSA) is 70.7 Å². The van der Waals surface area contributed by atoms with E-state index in [0.717, 1.165) is 0 Å². The van der Waals surface area contributed by atoms with E-state index in [1.807, 2.05) is 20.8 Å². The van der Waals surface area contributed by atoms with E-state index in [9.17, 15) is 9.18 Å². The molecule has 118 valence electrons. The fourth-order valence-corrected chi connectivity index (χ4v) is 2.29. The Morgan fingerprint density at radius 2 is 2.09 bits per heavy atom. The van der Waals surface area contributed by atoms with Crippen molar-refractivity contribution in [3.63, 3.8) is 0 Å². The molecule has 0 saturated carbocycles. The van der Waals surface area contributed by atoms with Gasteiger partial charge in [-0.25, -0.2) is 9.37 Å². The summed E-state index contributed by atoms with van der Waals surface area (Å²) in [5.74, 6) is 0.537. The van der Waals surface area contributed by atoms with Crippen LogP contribution in [0.2, 0.25) is 0 Å². The van der Waals surface area contributed by atoms with Crippen molar-refractivity contribution < 1.29 is 9.18 Å². The monoisotopic (exact) mass is 322 g/mol. The van der Waals surface area contributed by atoms with Gasteiger partial charge in [-0.3, -0.25) is 9.89 Å². The predicted molar refractivity (Wildman–Crippen MR) is 84.9 cm³/mol. The molecule has 0 bridgehead atoms. The molecule has 2 aromatic rings. The van der Waals surface area contributed by atoms with Crippen LogP contribution in [0.15, 0.2) is 29.4 Å². The van der Waals surface area contributed by atoms with Gasteiger partial charge in [0.2, 0.25) is 11.1 Å². The van der Waals surface area contributed by atoms with Crippen LogP contribution >= 0.6 is 11.8 Å². The summed E-state index contributed by atoms with van der Waals surface area (Å²) >= 11 is 1.22. The van der Waals surface area contributed by atoms with Crippen molar-refractivity contribution in [3.8, 4) is 11.4 Å². The molecule has 22 heavy (non-hydrogen) atoms. The molecule has 0 aliphatic heterocycles. The highest BCUT2D eigenvalue weighted by atomic mass is 32.2. The molecule has 1 aromatic carbocycles. The maximum Gasteiger partial charge on any atom is 0.230 e. The van der Waals surface area contributed by atoms with Gasteiger partial charge in [-0.05, 0) is 25.0 Å². The summed E-state index contributed by atoms with van der Waals surface area (Å²) in [6.07, 6.45) is 0. The number of nitrogens with one attached hydrogen (secondary N) is 2. The van der Waals surface area contributed by atoms with Crippen LogP contribution in [0.25, 0.3) is 11.4 Å². The number of carbonyl (C=O) groups is 1. The van der Waals surface area contributed by atoms with E-state index in [-0.39, 0.29) is 23.5 Å². The molecule has 0 fully saturated rings. The highest BCUT2D eigenvalue weighted by Gasteiger charge is 2.13. The summed E-state index contributed by atoms with van der Waals surface area (Å²) in [5, 5.41) is 10.0. The van der Waals surface area contributed by atoms with Crippen molar-refractivity contribution in [1.29, 1.82) is 0 Å². The lowest BCUT2D eigenvalue weighted by Gasteiger charge is -2.16. The Balaban J connectivity index is 1.93. The van der Waals surface area contributed by atoms with E-state index in [4.69, 9.17) is 0 Å². The Hall–Kier alpha value is -1.89. The molecular weight excluding hydrogens is 303 g/mol. The van der Waals surface area contributed by atoms with Gasteiger partial charge in [0.25, 0.3) is 0 Å². The Morgan fingerprint density at radius 1 is 1.36 bits per heavy atom. The normalized spacial score (nSPS) is 12.4. The molecule has 2 N–H and O–H groups in total. The zero-order valence-corrected chi connectivity index (χ0v) is 13.6. The number of nitrogens with zero attached hydrogens (tertiary/aromatic N) is 2. The number of amides is 1. The molecule has 5 nitrogen and oxygen atoms in total. The fraction of sp³-hybridized carbons (Fsp3) is 0.400. The van der Waals surface area contributed by atoms with Crippen LogP contribution in [0, 0.1) is 11.7 Å². The number of aromatic amines is 1. The van der Waals surface area contributed by atoms with E-state index in [1.54, 1.807) is 18.2 Å². The Morgan fingerprint density at radius 3 is 2.77 bits per heavy atom. The van der Waals surface area contributed by atoms with Crippen LogP contribution in [0.3, 0.4) is 0 Å². The second-order valence-corrected chi connectivity index (χ2v) is 6.28. The molecule has 0 saturated heterocycles. The minimum atomic E-state index is -0.362. The van der Waals surface area contributed by atoms with Crippen molar-refractivity contribution in [2.45, 2.75) is 32.0 Å². The van der Waals surface area contributed by atoms with E-state index >= 15 is 0 Å². The number of aromatic nitrogens is 3. The van der Waals surface area contributed by atoms with Crippen LogP contribution in [-0.2, 0) is 4.79 Å². The molecule has 1 atom stereocenters. The van der Waals surface area contributed by atoms with E-state index in [1.165, 1.54) is 17.8 Å². The fourth-order valence-electron chi connectivity index (χ4n) is 1.68. The first-order chi connectivity index (χ1) is 10.5. The Labute approximate surface area is 133 Å². The summed E-state index contributed by atoms with van der Waals surface area (Å²) in [5.41, 5.74) is 0.361. The van der Waals surface area contributed by atoms with Gasteiger partial charge in [0.15, 0.2) is 5.82 Å². The first-order valence-electron chi connectivity index (χ1n) is 7.07. The van der Waals surface area contributed by atoms with E-state index in [2.05, 4.69) is 20.5 Å². The third-order valence-electron chi connectivity index (χ3n) is 3.31. The van der Waals surface area contributed by atoms with Crippen LogP contribution in [0.5, 0.6) is 0 Å². The zero-order valence-electron chi connectivity index (χ0n) is 12.8. The molecule has 1 aromatic heterocycles. The van der Waals surface area contributed by atoms with Crippen molar-refractivity contribution >= 4 is 17.7 Å². The quantitative estimate of drug-likeness (QED) is 0.802. The molecule has 0 spiro atoms. The number of benzene rings is 1. The minimum Gasteiger partial charge on any atom is -0.353 e. The van der Waals surface area contributed by atoms with Gasteiger partial charge in [-0.15, -0.1) is 5.10 Å². The maximum absolute atomic E-state index is 13.7. The second-order valence-electron chi connectivity index (χ2n) is 5.34. The standard InChI is InChI=1S/C15H19FN4OS/c1-9(2)10(3)17-13(21)8-22-15-18-14(19-20-15)11-6-4-5-7-12(11)16/h4-7,9-10H,8H2,1-3H3,(H,17,21)(H,18,19,20). The molecule has 1 unspecified atom stereocenters. The third kappa shape index (κ3) is 4.30. The van der Waals surface area contributed by atoms with Gasteiger partial charge < -0.3 is 5.32 Å². The molecule has 1 heterocycles. The van der Waals surface area contributed by atoms with Crippen LogP contribution < -0.4 is 5.32 Å². The lowest BCUT2D eigenvalue weighted by atomic mass is 10.1. The zero-order chi connectivity index (χ0) is 16.1. The Kier molecular flexibility index (Phi) is 5.54. The summed E-state index contributed by atoms with van der Waals surface area (Å²) in [6, 6.07) is 6.46. The number of rotatable bonds is 6. The van der Waals surface area contributed by atoms with Crippen molar-refractivity contribution in [2.75, 3.05) is 5.75 Å². The molecule has 0 radical (unpaired) electrons. The summed E-state index contributed by atoms with van der Waals surface area (Å²) in [4.78, 5) is 16.0. The predicted octanol–water partition coefficient (Wildman–Crippen LogP) is 2.86. The summed E-state index contributed by atoms with van der Waals surface area (Å²) in [6.45, 7) is 6.07.